The Bertz CT molecular complexity index is 3020. The van der Waals surface area contributed by atoms with E-state index >= 15 is 0 Å². The lowest BCUT2D eigenvalue weighted by molar-refractivity contribution is -0.121. The molecule has 0 heterocycles. The monoisotopic (exact) mass is 1340 g/mol. The molecule has 8 nitrogen and oxygen atoms in total. The zero-order chi connectivity index (χ0) is 66.9. The number of phenols is 1. The lowest BCUT2D eigenvalue weighted by atomic mass is 9.88. The molecule has 0 fully saturated rings. The number of benzene rings is 6. The summed E-state index contributed by atoms with van der Waals surface area (Å²) in [6.07, 6.45) is 13.0. The number of halogens is 1. The minimum Gasteiger partial charge on any atom is -0.543 e. The minimum absolute atomic E-state index is 0.0955. The van der Waals surface area contributed by atoms with Crippen molar-refractivity contribution in [3.05, 3.63) is 191 Å². The van der Waals surface area contributed by atoms with E-state index in [4.69, 9.17) is 23.8 Å². The first-order valence-corrected chi connectivity index (χ1v) is 39.5. The van der Waals surface area contributed by atoms with Crippen molar-refractivity contribution in [1.82, 2.24) is 0 Å². The van der Waals surface area contributed by atoms with Crippen molar-refractivity contribution in [1.29, 1.82) is 0 Å². The number of Topliss-reactive ketones (excluding diaryl/α,β-unsaturated/α-hetero) is 2. The van der Waals surface area contributed by atoms with Crippen LogP contribution in [0, 0.1) is 0 Å². The number of ether oxygens (including phenoxy) is 1. The molecule has 11 heteroatoms. The number of ketones is 2. The second-order valence-corrected chi connectivity index (χ2v) is 37.4. The molecule has 0 saturated heterocycles. The summed E-state index contributed by atoms with van der Waals surface area (Å²) < 4.78 is 19.8. The highest BCUT2D eigenvalue weighted by atomic mass is 79.9. The molecule has 0 spiro atoms. The Balaban J connectivity index is 0.000000337. The molecule has 0 saturated carbocycles. The normalized spacial score (nSPS) is 12.3. The van der Waals surface area contributed by atoms with Crippen molar-refractivity contribution in [3.8, 4) is 23.0 Å². The van der Waals surface area contributed by atoms with Crippen LogP contribution in [0.1, 0.15) is 220 Å². The van der Waals surface area contributed by atoms with Crippen LogP contribution in [-0.4, -0.2) is 68.7 Å². The maximum atomic E-state index is 12.4. The Labute approximate surface area is 560 Å². The van der Waals surface area contributed by atoms with E-state index in [-0.39, 0.29) is 30.5 Å². The van der Waals surface area contributed by atoms with E-state index < -0.39 is 16.6 Å². The van der Waals surface area contributed by atoms with E-state index in [9.17, 15) is 14.7 Å². The maximum absolute atomic E-state index is 12.4. The predicted octanol–water partition coefficient (Wildman–Crippen LogP) is 22.5. The number of hydrogen-bond acceptors (Lipinski definition) is 8. The average Bonchev–Trinajstić information content (AvgIpc) is 0.950. The van der Waals surface area contributed by atoms with Gasteiger partial charge in [0.25, 0.3) is 16.6 Å². The highest BCUT2D eigenvalue weighted by Crippen LogP contribution is 2.45. The van der Waals surface area contributed by atoms with Crippen molar-refractivity contribution < 1.29 is 38.5 Å². The van der Waals surface area contributed by atoms with Crippen LogP contribution in [0.25, 0.3) is 22.3 Å². The molecule has 0 aliphatic heterocycles. The SMILES string of the molecule is CC/C(=C(/c1ccc(O)cc1)c1ccc(O[Si](C(C)C)(C(C)C)C(C)C)cc1)c1ccccc1.CC/C(=C(/c1ccc(OCC(=O)CCCCCCCO)cc1)c1ccc(O[Si](C(C)C)(C(C)C)C(C)C)cc1)c1ccccc1.O=C(CBr)CCCCCCCO. The highest BCUT2D eigenvalue weighted by molar-refractivity contribution is 9.09. The first-order chi connectivity index (χ1) is 43.6. The van der Waals surface area contributed by atoms with Gasteiger partial charge in [0, 0.05) is 26.1 Å². The van der Waals surface area contributed by atoms with Crippen molar-refractivity contribution in [3.63, 3.8) is 0 Å². The number of carbonyl (C=O) groups is 2. The van der Waals surface area contributed by atoms with E-state index in [0.717, 1.165) is 111 Å². The Morgan fingerprint density at radius 3 is 0.989 bits per heavy atom. The first kappa shape index (κ1) is 77.6. The lowest BCUT2D eigenvalue weighted by Crippen LogP contribution is -2.50. The highest BCUT2D eigenvalue weighted by Gasteiger charge is 2.48. The van der Waals surface area contributed by atoms with E-state index in [0.29, 0.717) is 63.8 Å². The van der Waals surface area contributed by atoms with Gasteiger partial charge in [0.1, 0.15) is 35.4 Å². The van der Waals surface area contributed by atoms with Gasteiger partial charge in [-0.2, -0.15) is 0 Å². The van der Waals surface area contributed by atoms with Crippen molar-refractivity contribution in [2.24, 2.45) is 0 Å². The van der Waals surface area contributed by atoms with Crippen molar-refractivity contribution in [2.45, 2.75) is 220 Å². The molecule has 0 aliphatic rings. The Morgan fingerprint density at radius 2 is 0.681 bits per heavy atom. The third-order valence-electron chi connectivity index (χ3n) is 17.9. The largest absolute Gasteiger partial charge is 0.543 e. The van der Waals surface area contributed by atoms with Crippen LogP contribution >= 0.6 is 15.9 Å². The minimum atomic E-state index is -2.05. The van der Waals surface area contributed by atoms with Crippen LogP contribution in [0.2, 0.25) is 33.2 Å². The van der Waals surface area contributed by atoms with E-state index in [2.05, 4.69) is 234 Å². The number of allylic oxidation sites excluding steroid dienone is 2. The van der Waals surface area contributed by atoms with E-state index in [1.54, 1.807) is 12.1 Å². The summed E-state index contributed by atoms with van der Waals surface area (Å²) >= 11 is 3.13. The summed E-state index contributed by atoms with van der Waals surface area (Å²) in [4.78, 5) is 23.2. The fourth-order valence-electron chi connectivity index (χ4n) is 13.4. The smallest absolute Gasteiger partial charge is 0.258 e. The molecule has 0 aromatic heterocycles. The zero-order valence-electron chi connectivity index (χ0n) is 58.0. The summed E-state index contributed by atoms with van der Waals surface area (Å²) in [5.41, 5.74) is 15.0. The summed E-state index contributed by atoms with van der Waals surface area (Å²) in [5, 5.41) is 27.7. The lowest BCUT2D eigenvalue weighted by Gasteiger charge is -2.42. The van der Waals surface area contributed by atoms with Crippen LogP contribution in [0.5, 0.6) is 23.0 Å². The average molecular weight is 1340 g/mol. The summed E-state index contributed by atoms with van der Waals surface area (Å²) in [6.45, 7) is 32.9. The Hall–Kier alpha value is -5.83. The fourth-order valence-corrected chi connectivity index (χ4v) is 24.2. The quantitative estimate of drug-likeness (QED) is 0.0154. The first-order valence-electron chi connectivity index (χ1n) is 34.1. The summed E-state index contributed by atoms with van der Waals surface area (Å²) in [5.74, 6) is 3.32. The molecule has 0 bridgehead atoms. The Morgan fingerprint density at radius 1 is 0.385 bits per heavy atom. The molecule has 0 amide bonds. The number of phenolic OH excluding ortho intramolecular Hbond substituents is 1. The molecule has 3 N–H and O–H groups in total. The van der Waals surface area contributed by atoms with Crippen molar-refractivity contribution >= 4 is 66.4 Å². The fraction of sp³-hybridized carbons (Fsp3) is 0.475. The van der Waals surface area contributed by atoms with Crippen molar-refractivity contribution in [2.75, 3.05) is 25.2 Å². The number of alkyl halides is 1. The maximum Gasteiger partial charge on any atom is 0.258 e. The van der Waals surface area contributed by atoms with Crippen LogP contribution in [0.4, 0.5) is 0 Å². The molecule has 6 aromatic carbocycles. The van der Waals surface area contributed by atoms with Gasteiger partial charge in [-0.25, -0.2) is 0 Å². The Kier molecular flexibility index (Phi) is 35.0. The standard InChI is InChI=1S/C40H56O4Si.C31H40O2Si.C9H17BrO2/c1-8-39(33-17-13-12-14-18-33)40(35-22-26-38(27-23-35)44-45(30(2)3,31(4)5)32(6)7)34-20-24-37(25-21-34)43-29-36(42)19-15-10-9-11-16-28-41;1-8-30(25-12-10-9-11-13-25)31(26-14-18-28(32)19-15-26)27-16-20-29(21-17-27)33-34(22(2)3,23(4)5)24(6)7;10-8-9(12)6-4-2-1-3-5-7-11/h12-14,17-18,20-27,30-32,41H,8-11,15-16,19,28-29H2,1-7H3;9-24,32H,8H2,1-7H3;11H,1-8H2/b40-39+;31-30+;. The number of aromatic hydroxyl groups is 1. The number of rotatable bonds is 36. The molecule has 0 radical (unpaired) electrons. The molecular formula is C80H113BrO8Si2. The number of carbonyl (C=O) groups excluding carboxylic acids is 2. The summed E-state index contributed by atoms with van der Waals surface area (Å²) in [7, 11) is -4.06. The number of hydrogen-bond donors (Lipinski definition) is 3. The van der Waals surface area contributed by atoms with Gasteiger partial charge >= 0.3 is 0 Å². The van der Waals surface area contributed by atoms with Gasteiger partial charge in [-0.05, 0) is 176 Å². The van der Waals surface area contributed by atoms with E-state index in [1.165, 1.54) is 33.4 Å². The molecule has 91 heavy (non-hydrogen) atoms. The second-order valence-electron chi connectivity index (χ2n) is 26.1. The van der Waals surface area contributed by atoms with Crippen LogP contribution in [0.3, 0.4) is 0 Å². The third kappa shape index (κ3) is 23.6. The molecule has 6 aromatic rings. The van der Waals surface area contributed by atoms with Crippen LogP contribution in [0.15, 0.2) is 158 Å². The van der Waals surface area contributed by atoms with Gasteiger partial charge in [-0.3, -0.25) is 9.59 Å². The molecule has 0 unspecified atom stereocenters. The third-order valence-corrected chi connectivity index (χ3v) is 30.6. The topological polar surface area (TPSA) is 123 Å². The van der Waals surface area contributed by atoms with Crippen LogP contribution < -0.4 is 13.6 Å². The van der Waals surface area contributed by atoms with Gasteiger partial charge in [0.2, 0.25) is 0 Å². The number of aliphatic hydroxyl groups is 2. The molecule has 0 atom stereocenters. The van der Waals surface area contributed by atoms with Gasteiger partial charge in [0.15, 0.2) is 5.78 Å². The van der Waals surface area contributed by atoms with Gasteiger partial charge in [0.05, 0.1) is 5.33 Å². The second kappa shape index (κ2) is 41.0. The predicted molar refractivity (Wildman–Crippen MR) is 395 cm³/mol. The zero-order valence-corrected chi connectivity index (χ0v) is 61.5. The van der Waals surface area contributed by atoms with Gasteiger partial charge < -0.3 is 28.9 Å². The molecule has 6 rings (SSSR count). The van der Waals surface area contributed by atoms with Gasteiger partial charge in [-0.1, -0.05) is 261 Å². The van der Waals surface area contributed by atoms with E-state index in [1.807, 2.05) is 24.3 Å². The molecule has 0 aliphatic carbocycles. The number of unbranched alkanes of at least 4 members (excludes halogenated alkanes) is 8. The molecular weight excluding hydrogens is 1220 g/mol. The number of aliphatic hydroxyl groups excluding tert-OH is 2. The van der Waals surface area contributed by atoms with Gasteiger partial charge in [-0.15, -0.1) is 0 Å². The summed E-state index contributed by atoms with van der Waals surface area (Å²) in [6, 6.07) is 54.2. The van der Waals surface area contributed by atoms with Crippen LogP contribution in [-0.2, 0) is 9.59 Å². The molecule has 496 valence electrons.